The van der Waals surface area contributed by atoms with Crippen LogP contribution in [0.1, 0.15) is 20.3 Å². The summed E-state index contributed by atoms with van der Waals surface area (Å²) in [6.07, 6.45) is 5.46. The number of hydrogen-bond acceptors (Lipinski definition) is 7. The molecule has 0 aliphatic heterocycles. The molecule has 6 aromatic rings. The van der Waals surface area contributed by atoms with Crippen LogP contribution >= 0.6 is 0 Å². The van der Waals surface area contributed by atoms with Crippen molar-refractivity contribution in [2.75, 3.05) is 32.6 Å². The van der Waals surface area contributed by atoms with Gasteiger partial charge in [0.2, 0.25) is 5.91 Å². The summed E-state index contributed by atoms with van der Waals surface area (Å²) in [5.41, 5.74) is 6.30. The third kappa shape index (κ3) is 6.28. The van der Waals surface area contributed by atoms with Crippen LogP contribution in [0, 0.1) is 11.7 Å². The van der Waals surface area contributed by atoms with E-state index in [2.05, 4.69) is 30.5 Å². The Balaban J connectivity index is 1.33. The summed E-state index contributed by atoms with van der Waals surface area (Å²) in [4.78, 5) is 31.5. The second kappa shape index (κ2) is 12.2. The summed E-state index contributed by atoms with van der Waals surface area (Å²) in [5.74, 6) is 0.831. The van der Waals surface area contributed by atoms with Crippen LogP contribution in [0.15, 0.2) is 67.1 Å². The average molecular weight is 593 g/mol. The van der Waals surface area contributed by atoms with E-state index in [1.165, 1.54) is 12.1 Å². The Labute approximate surface area is 253 Å². The SMILES string of the molecule is CC(C)CC(=O)Nc1cncc(-c2cc3c(-c4nc5c(-c6cc(F)cc(OCCN(C)C)c6)cccc5[nH]4)n[nH]c3cn2)c1. The molecule has 3 N–H and O–H groups in total. The zero-order valence-corrected chi connectivity index (χ0v) is 25.0. The minimum atomic E-state index is -0.383. The first-order valence-corrected chi connectivity index (χ1v) is 14.4. The van der Waals surface area contributed by atoms with E-state index < -0.39 is 0 Å². The molecule has 0 radical (unpaired) electrons. The minimum absolute atomic E-state index is 0.0601. The molecule has 4 heterocycles. The molecule has 6 rings (SSSR count). The summed E-state index contributed by atoms with van der Waals surface area (Å²) in [7, 11) is 3.92. The number of fused-ring (bicyclic) bond motifs is 2. The number of benzene rings is 2. The highest BCUT2D eigenvalue weighted by Crippen LogP contribution is 2.34. The predicted molar refractivity (Wildman–Crippen MR) is 170 cm³/mol. The number of nitrogens with zero attached hydrogens (tertiary/aromatic N) is 5. The number of aromatic amines is 2. The topological polar surface area (TPSA) is 125 Å². The Morgan fingerprint density at radius 1 is 1.05 bits per heavy atom. The average Bonchev–Trinajstić information content (AvgIpc) is 3.60. The highest BCUT2D eigenvalue weighted by atomic mass is 19.1. The molecule has 2 aromatic carbocycles. The zero-order valence-electron chi connectivity index (χ0n) is 25.0. The van der Waals surface area contributed by atoms with Gasteiger partial charge >= 0.3 is 0 Å². The van der Waals surface area contributed by atoms with Crippen molar-refractivity contribution in [3.05, 3.63) is 72.9 Å². The number of rotatable bonds is 10. The molecule has 0 saturated heterocycles. The van der Waals surface area contributed by atoms with E-state index in [1.807, 2.05) is 69.2 Å². The molecule has 4 aromatic heterocycles. The van der Waals surface area contributed by atoms with Crippen LogP contribution < -0.4 is 10.1 Å². The molecule has 0 aliphatic rings. The summed E-state index contributed by atoms with van der Waals surface area (Å²) in [6.45, 7) is 5.16. The van der Waals surface area contributed by atoms with Crippen molar-refractivity contribution in [2.45, 2.75) is 20.3 Å². The van der Waals surface area contributed by atoms with Gasteiger partial charge in [0, 0.05) is 41.7 Å². The molecule has 1 amide bonds. The lowest BCUT2D eigenvalue weighted by Gasteiger charge is -2.12. The van der Waals surface area contributed by atoms with Crippen molar-refractivity contribution in [2.24, 2.45) is 5.92 Å². The maximum atomic E-state index is 14.7. The second-order valence-electron chi connectivity index (χ2n) is 11.4. The molecule has 44 heavy (non-hydrogen) atoms. The number of pyridine rings is 2. The summed E-state index contributed by atoms with van der Waals surface area (Å²) in [5, 5.41) is 11.3. The Bertz CT molecular complexity index is 1960. The largest absolute Gasteiger partial charge is 0.492 e. The highest BCUT2D eigenvalue weighted by molar-refractivity contribution is 5.98. The number of amides is 1. The van der Waals surface area contributed by atoms with E-state index in [4.69, 9.17) is 9.72 Å². The molecule has 0 fully saturated rings. The van der Waals surface area contributed by atoms with E-state index >= 15 is 0 Å². The number of anilines is 1. The fourth-order valence-corrected chi connectivity index (χ4v) is 5.01. The van der Waals surface area contributed by atoms with Gasteiger partial charge in [0.15, 0.2) is 5.82 Å². The lowest BCUT2D eigenvalue weighted by molar-refractivity contribution is -0.116. The predicted octanol–water partition coefficient (Wildman–Crippen LogP) is 6.29. The lowest BCUT2D eigenvalue weighted by atomic mass is 10.0. The first-order chi connectivity index (χ1) is 21.2. The molecule has 224 valence electrons. The first-order valence-electron chi connectivity index (χ1n) is 14.4. The molecule has 0 bridgehead atoms. The molecular formula is C33H33FN8O2. The van der Waals surface area contributed by atoms with E-state index in [9.17, 15) is 9.18 Å². The summed E-state index contributed by atoms with van der Waals surface area (Å²) in [6, 6.07) is 14.2. The van der Waals surface area contributed by atoms with Crippen molar-refractivity contribution in [3.8, 4) is 39.7 Å². The molecule has 10 nitrogen and oxygen atoms in total. The number of halogens is 1. The number of carbonyl (C=O) groups excluding carboxylic acids is 1. The van der Waals surface area contributed by atoms with Crippen LogP contribution in [0.2, 0.25) is 0 Å². The van der Waals surface area contributed by atoms with Crippen LogP contribution in [-0.4, -0.2) is 68.2 Å². The third-order valence-corrected chi connectivity index (χ3v) is 7.09. The van der Waals surface area contributed by atoms with E-state index in [-0.39, 0.29) is 17.6 Å². The fraction of sp³-hybridized carbons (Fsp3) is 0.242. The minimum Gasteiger partial charge on any atom is -0.492 e. The van der Waals surface area contributed by atoms with Crippen LogP contribution in [0.3, 0.4) is 0 Å². The molecule has 0 spiro atoms. The lowest BCUT2D eigenvalue weighted by Crippen LogP contribution is -2.19. The van der Waals surface area contributed by atoms with Crippen LogP contribution in [0.25, 0.3) is 55.8 Å². The maximum Gasteiger partial charge on any atom is 0.224 e. The normalized spacial score (nSPS) is 11.6. The van der Waals surface area contributed by atoms with Gasteiger partial charge in [-0.1, -0.05) is 26.0 Å². The Kier molecular flexibility index (Phi) is 8.03. The number of para-hydroxylation sites is 1. The van der Waals surface area contributed by atoms with E-state index in [1.54, 1.807) is 18.6 Å². The number of hydrogen-bond donors (Lipinski definition) is 3. The van der Waals surface area contributed by atoms with Crippen molar-refractivity contribution in [1.82, 2.24) is 35.0 Å². The number of imidazole rings is 1. The van der Waals surface area contributed by atoms with Gasteiger partial charge in [-0.2, -0.15) is 5.10 Å². The Morgan fingerprint density at radius 3 is 2.73 bits per heavy atom. The number of carbonyl (C=O) groups is 1. The number of nitrogens with one attached hydrogen (secondary N) is 3. The van der Waals surface area contributed by atoms with Crippen molar-refractivity contribution in [1.29, 1.82) is 0 Å². The monoisotopic (exact) mass is 592 g/mol. The molecule has 0 atom stereocenters. The highest BCUT2D eigenvalue weighted by Gasteiger charge is 2.17. The van der Waals surface area contributed by atoms with Gasteiger partial charge in [-0.25, -0.2) is 9.37 Å². The van der Waals surface area contributed by atoms with E-state index in [0.717, 1.165) is 34.1 Å². The summed E-state index contributed by atoms with van der Waals surface area (Å²) < 4.78 is 20.5. The van der Waals surface area contributed by atoms with Crippen molar-refractivity contribution in [3.63, 3.8) is 0 Å². The number of H-pyrrole nitrogens is 2. The number of likely N-dealkylation sites (N-methyl/N-ethyl adjacent to an activating group) is 1. The number of ether oxygens (including phenoxy) is 1. The van der Waals surface area contributed by atoms with Gasteiger partial charge in [-0.15, -0.1) is 0 Å². The first kappa shape index (κ1) is 28.9. The zero-order chi connectivity index (χ0) is 30.8. The van der Waals surface area contributed by atoms with Gasteiger partial charge in [-0.05, 0) is 55.9 Å². The number of aromatic nitrogens is 6. The smallest absolute Gasteiger partial charge is 0.224 e. The standard InChI is InChI=1S/C33H33FN8O2/c1-19(2)10-30(43)37-23-12-21(16-35-17-23)28-15-26-29(18-36-28)40-41-32(26)33-38-27-7-5-6-25(31(27)39-33)20-11-22(34)14-24(13-20)44-9-8-42(3)4/h5-7,11-19H,8-10H2,1-4H3,(H,37,43)(H,38,39)(H,40,41). The van der Waals surface area contributed by atoms with Gasteiger partial charge in [0.1, 0.15) is 23.9 Å². The van der Waals surface area contributed by atoms with Crippen molar-refractivity contribution < 1.29 is 13.9 Å². The maximum absolute atomic E-state index is 14.7. The van der Waals surface area contributed by atoms with Gasteiger partial charge < -0.3 is 19.9 Å². The Morgan fingerprint density at radius 2 is 1.91 bits per heavy atom. The molecule has 0 saturated carbocycles. The van der Waals surface area contributed by atoms with Gasteiger partial charge in [0.25, 0.3) is 0 Å². The fourth-order valence-electron chi connectivity index (χ4n) is 5.01. The van der Waals surface area contributed by atoms with Gasteiger partial charge in [-0.3, -0.25) is 19.9 Å². The Hall–Kier alpha value is -5.16. The molecule has 0 unspecified atom stereocenters. The second-order valence-corrected chi connectivity index (χ2v) is 11.4. The van der Waals surface area contributed by atoms with Crippen LogP contribution in [0.4, 0.5) is 10.1 Å². The molecular weight excluding hydrogens is 559 g/mol. The van der Waals surface area contributed by atoms with Crippen LogP contribution in [0.5, 0.6) is 5.75 Å². The third-order valence-electron chi connectivity index (χ3n) is 7.09. The summed E-state index contributed by atoms with van der Waals surface area (Å²) >= 11 is 0. The van der Waals surface area contributed by atoms with Gasteiger partial charge in [0.05, 0.1) is 40.3 Å². The molecule has 11 heteroatoms. The van der Waals surface area contributed by atoms with E-state index in [0.29, 0.717) is 52.8 Å². The quantitative estimate of drug-likeness (QED) is 0.171. The molecule has 0 aliphatic carbocycles. The van der Waals surface area contributed by atoms with Crippen LogP contribution in [-0.2, 0) is 4.79 Å². The van der Waals surface area contributed by atoms with Crippen molar-refractivity contribution >= 4 is 33.5 Å².